The molecule has 0 aromatic heterocycles. The molecule has 0 aromatic rings. The van der Waals surface area contributed by atoms with Gasteiger partial charge in [-0.25, -0.2) is 0 Å². The fourth-order valence-corrected chi connectivity index (χ4v) is 1.72. The van der Waals surface area contributed by atoms with E-state index in [0.717, 1.165) is 19.5 Å². The molecule has 1 saturated heterocycles. The predicted molar refractivity (Wildman–Crippen MR) is 66.9 cm³/mol. The average Bonchev–Trinajstić information content (AvgIpc) is 2.18. The third-order valence-electron chi connectivity index (χ3n) is 2.68. The highest BCUT2D eigenvalue weighted by Crippen LogP contribution is 2.09. The highest BCUT2D eigenvalue weighted by atomic mass is 35.5. The van der Waals surface area contributed by atoms with Gasteiger partial charge in [0.1, 0.15) is 6.61 Å². The highest BCUT2D eigenvalue weighted by molar-refractivity contribution is 5.85. The lowest BCUT2D eigenvalue weighted by atomic mass is 9.95. The van der Waals surface area contributed by atoms with Crippen LogP contribution in [0.2, 0.25) is 0 Å². The van der Waals surface area contributed by atoms with Gasteiger partial charge in [0.05, 0.1) is 6.10 Å². The fourth-order valence-electron chi connectivity index (χ4n) is 1.72. The number of ether oxygens (including phenoxy) is 1. The smallest absolute Gasteiger partial charge is 0.246 e. The molecule has 0 radical (unpaired) electrons. The third-order valence-corrected chi connectivity index (χ3v) is 2.68. The largest absolute Gasteiger partial charge is 0.369 e. The SMILES string of the molecule is CC(C)OCC(=O)NC1CCNCC1C.Cl. The van der Waals surface area contributed by atoms with E-state index < -0.39 is 0 Å². The molecular weight excluding hydrogens is 228 g/mol. The molecule has 0 bridgehead atoms. The molecule has 96 valence electrons. The number of carbonyl (C=O) groups is 1. The number of nitrogens with one attached hydrogen (secondary N) is 2. The van der Waals surface area contributed by atoms with Crippen LogP contribution in [0.25, 0.3) is 0 Å². The monoisotopic (exact) mass is 250 g/mol. The Bertz CT molecular complexity index is 212. The number of piperidine rings is 1. The summed E-state index contributed by atoms with van der Waals surface area (Å²) in [6.07, 6.45) is 1.12. The van der Waals surface area contributed by atoms with Crippen LogP contribution >= 0.6 is 12.4 Å². The Labute approximate surface area is 104 Å². The van der Waals surface area contributed by atoms with Crippen LogP contribution in [0.3, 0.4) is 0 Å². The number of rotatable bonds is 4. The van der Waals surface area contributed by atoms with E-state index in [1.165, 1.54) is 0 Å². The van der Waals surface area contributed by atoms with Crippen molar-refractivity contribution >= 4 is 18.3 Å². The first-order valence-electron chi connectivity index (χ1n) is 5.71. The van der Waals surface area contributed by atoms with Crippen LogP contribution in [-0.2, 0) is 9.53 Å². The summed E-state index contributed by atoms with van der Waals surface area (Å²) >= 11 is 0. The lowest BCUT2D eigenvalue weighted by molar-refractivity contribution is -0.128. The van der Waals surface area contributed by atoms with Gasteiger partial charge in [0, 0.05) is 6.04 Å². The maximum atomic E-state index is 11.5. The minimum atomic E-state index is 0. The summed E-state index contributed by atoms with van der Waals surface area (Å²) in [5.41, 5.74) is 0. The van der Waals surface area contributed by atoms with Crippen molar-refractivity contribution in [3.8, 4) is 0 Å². The molecule has 0 spiro atoms. The number of hydrogen-bond acceptors (Lipinski definition) is 3. The second kappa shape index (κ2) is 7.87. The normalized spacial score (nSPS) is 25.0. The van der Waals surface area contributed by atoms with E-state index in [1.54, 1.807) is 0 Å². The second-order valence-corrected chi connectivity index (χ2v) is 4.50. The van der Waals surface area contributed by atoms with Gasteiger partial charge in [-0.3, -0.25) is 4.79 Å². The van der Waals surface area contributed by atoms with Crippen LogP contribution in [0, 0.1) is 5.92 Å². The molecule has 0 aromatic carbocycles. The summed E-state index contributed by atoms with van der Waals surface area (Å²) in [6, 6.07) is 0.300. The Morgan fingerprint density at radius 3 is 2.81 bits per heavy atom. The minimum Gasteiger partial charge on any atom is -0.369 e. The molecule has 1 rings (SSSR count). The molecule has 1 heterocycles. The molecular formula is C11H23ClN2O2. The maximum absolute atomic E-state index is 11.5. The fraction of sp³-hybridized carbons (Fsp3) is 0.909. The Hall–Kier alpha value is -0.320. The number of halogens is 1. The van der Waals surface area contributed by atoms with Gasteiger partial charge in [-0.2, -0.15) is 0 Å². The predicted octanol–water partition coefficient (Wildman–Crippen LogP) is 0.947. The van der Waals surface area contributed by atoms with Gasteiger partial charge in [-0.1, -0.05) is 6.92 Å². The molecule has 16 heavy (non-hydrogen) atoms. The molecule has 1 aliphatic rings. The van der Waals surface area contributed by atoms with Crippen molar-refractivity contribution in [3.05, 3.63) is 0 Å². The summed E-state index contributed by atoms with van der Waals surface area (Å²) in [7, 11) is 0. The maximum Gasteiger partial charge on any atom is 0.246 e. The first-order valence-corrected chi connectivity index (χ1v) is 5.71. The topological polar surface area (TPSA) is 50.4 Å². The molecule has 2 unspecified atom stereocenters. The molecule has 1 fully saturated rings. The molecule has 2 N–H and O–H groups in total. The van der Waals surface area contributed by atoms with Gasteiger partial charge in [-0.05, 0) is 39.3 Å². The summed E-state index contributed by atoms with van der Waals surface area (Å²) in [4.78, 5) is 11.5. The number of carbonyl (C=O) groups excluding carboxylic acids is 1. The van der Waals surface area contributed by atoms with Gasteiger partial charge in [0.15, 0.2) is 0 Å². The van der Waals surface area contributed by atoms with Crippen LogP contribution in [0.1, 0.15) is 27.2 Å². The average molecular weight is 251 g/mol. The first kappa shape index (κ1) is 15.7. The Morgan fingerprint density at radius 2 is 2.25 bits per heavy atom. The Morgan fingerprint density at radius 1 is 1.56 bits per heavy atom. The van der Waals surface area contributed by atoms with E-state index in [2.05, 4.69) is 17.6 Å². The van der Waals surface area contributed by atoms with Crippen LogP contribution in [0.15, 0.2) is 0 Å². The van der Waals surface area contributed by atoms with Crippen LogP contribution < -0.4 is 10.6 Å². The summed E-state index contributed by atoms with van der Waals surface area (Å²) in [5, 5.41) is 6.33. The van der Waals surface area contributed by atoms with Gasteiger partial charge in [0.2, 0.25) is 5.91 Å². The summed E-state index contributed by atoms with van der Waals surface area (Å²) in [5.74, 6) is 0.504. The van der Waals surface area contributed by atoms with Crippen LogP contribution in [0.4, 0.5) is 0 Å². The number of amides is 1. The molecule has 2 atom stereocenters. The quantitative estimate of drug-likeness (QED) is 0.781. The zero-order chi connectivity index (χ0) is 11.3. The molecule has 1 aliphatic heterocycles. The molecule has 5 heteroatoms. The lowest BCUT2D eigenvalue weighted by Gasteiger charge is -2.30. The third kappa shape index (κ3) is 5.68. The van der Waals surface area contributed by atoms with Gasteiger partial charge in [0.25, 0.3) is 0 Å². The van der Waals surface area contributed by atoms with E-state index in [1.807, 2.05) is 13.8 Å². The van der Waals surface area contributed by atoms with Gasteiger partial charge < -0.3 is 15.4 Å². The molecule has 4 nitrogen and oxygen atoms in total. The van der Waals surface area contributed by atoms with Crippen LogP contribution in [0.5, 0.6) is 0 Å². The lowest BCUT2D eigenvalue weighted by Crippen LogP contribution is -2.49. The molecule has 0 aliphatic carbocycles. The second-order valence-electron chi connectivity index (χ2n) is 4.50. The van der Waals surface area contributed by atoms with Crippen molar-refractivity contribution in [2.75, 3.05) is 19.7 Å². The van der Waals surface area contributed by atoms with Crippen molar-refractivity contribution in [2.45, 2.75) is 39.3 Å². The van der Waals surface area contributed by atoms with E-state index in [4.69, 9.17) is 4.74 Å². The summed E-state index contributed by atoms with van der Waals surface area (Å²) in [6.45, 7) is 8.16. The van der Waals surface area contributed by atoms with Gasteiger partial charge >= 0.3 is 0 Å². The van der Waals surface area contributed by atoms with Crippen molar-refractivity contribution < 1.29 is 9.53 Å². The van der Waals surface area contributed by atoms with Crippen molar-refractivity contribution in [1.29, 1.82) is 0 Å². The van der Waals surface area contributed by atoms with E-state index in [0.29, 0.717) is 12.0 Å². The molecule has 1 amide bonds. The summed E-state index contributed by atoms with van der Waals surface area (Å²) < 4.78 is 5.25. The van der Waals surface area contributed by atoms with E-state index >= 15 is 0 Å². The van der Waals surface area contributed by atoms with Crippen molar-refractivity contribution in [3.63, 3.8) is 0 Å². The van der Waals surface area contributed by atoms with E-state index in [-0.39, 0.29) is 31.0 Å². The molecule has 0 saturated carbocycles. The number of hydrogen-bond donors (Lipinski definition) is 2. The highest BCUT2D eigenvalue weighted by Gasteiger charge is 2.22. The van der Waals surface area contributed by atoms with E-state index in [9.17, 15) is 4.79 Å². The van der Waals surface area contributed by atoms with Crippen molar-refractivity contribution in [1.82, 2.24) is 10.6 Å². The zero-order valence-corrected chi connectivity index (χ0v) is 11.1. The van der Waals surface area contributed by atoms with Crippen molar-refractivity contribution in [2.24, 2.45) is 5.92 Å². The zero-order valence-electron chi connectivity index (χ0n) is 10.3. The Kier molecular flexibility index (Phi) is 7.72. The Balaban J connectivity index is 0.00000225. The minimum absolute atomic E-state index is 0. The van der Waals surface area contributed by atoms with Crippen LogP contribution in [-0.4, -0.2) is 37.7 Å². The standard InChI is InChI=1S/C11H22N2O2.ClH/c1-8(2)15-7-11(14)13-10-4-5-12-6-9(10)3;/h8-10,12H,4-7H2,1-3H3,(H,13,14);1H. The van der Waals surface area contributed by atoms with Gasteiger partial charge in [-0.15, -0.1) is 12.4 Å². The first-order chi connectivity index (χ1) is 7.09.